The van der Waals surface area contributed by atoms with Gasteiger partial charge >= 0.3 is 0 Å². The van der Waals surface area contributed by atoms with Crippen molar-refractivity contribution < 1.29 is 0 Å². The molecule has 0 aliphatic heterocycles. The second-order valence-electron chi connectivity index (χ2n) is 5.03. The Labute approximate surface area is 98.2 Å². The summed E-state index contributed by atoms with van der Waals surface area (Å²) < 4.78 is 1.86. The van der Waals surface area contributed by atoms with E-state index in [1.807, 2.05) is 17.9 Å². The number of hydrogen-bond donors (Lipinski definition) is 1. The minimum absolute atomic E-state index is 0.653. The topological polar surface area (TPSA) is 29.9 Å². The van der Waals surface area contributed by atoms with Crippen molar-refractivity contribution in [3.63, 3.8) is 0 Å². The molecule has 2 unspecified atom stereocenters. The Morgan fingerprint density at radius 3 is 2.94 bits per heavy atom. The zero-order valence-electron chi connectivity index (χ0n) is 10.4. The lowest BCUT2D eigenvalue weighted by molar-refractivity contribution is 0.444. The van der Waals surface area contributed by atoms with Gasteiger partial charge in [0.1, 0.15) is 0 Å². The number of nitrogens with zero attached hydrogens (tertiary/aromatic N) is 2. The van der Waals surface area contributed by atoms with Crippen LogP contribution in [0.15, 0.2) is 12.4 Å². The van der Waals surface area contributed by atoms with E-state index in [9.17, 15) is 0 Å². The smallest absolute Gasteiger partial charge is 0.0728 e. The summed E-state index contributed by atoms with van der Waals surface area (Å²) in [6.07, 6.45) is 12.1. The van der Waals surface area contributed by atoms with Crippen LogP contribution in [0.3, 0.4) is 0 Å². The monoisotopic (exact) mass is 221 g/mol. The molecule has 2 rings (SSSR count). The maximum Gasteiger partial charge on any atom is 0.0728 e. The Kier molecular flexibility index (Phi) is 3.86. The molecule has 0 amide bonds. The summed E-state index contributed by atoms with van der Waals surface area (Å²) >= 11 is 0. The first kappa shape index (κ1) is 11.5. The number of aromatic nitrogens is 2. The second-order valence-corrected chi connectivity index (χ2v) is 5.03. The Morgan fingerprint density at radius 1 is 1.38 bits per heavy atom. The number of aryl methyl sites for hydroxylation is 1. The molecule has 16 heavy (non-hydrogen) atoms. The largest absolute Gasteiger partial charge is 0.380 e. The predicted molar refractivity (Wildman–Crippen MR) is 67.5 cm³/mol. The van der Waals surface area contributed by atoms with Crippen LogP contribution in [0.2, 0.25) is 0 Å². The summed E-state index contributed by atoms with van der Waals surface area (Å²) in [6, 6.07) is 0.653. The molecule has 3 nitrogen and oxygen atoms in total. The fourth-order valence-electron chi connectivity index (χ4n) is 2.66. The van der Waals surface area contributed by atoms with Gasteiger partial charge in [-0.15, -0.1) is 0 Å². The van der Waals surface area contributed by atoms with Gasteiger partial charge in [0.2, 0.25) is 0 Å². The van der Waals surface area contributed by atoms with E-state index in [0.717, 1.165) is 5.92 Å². The highest BCUT2D eigenvalue weighted by molar-refractivity contribution is 5.39. The highest BCUT2D eigenvalue weighted by Crippen LogP contribution is 2.27. The molecule has 0 radical (unpaired) electrons. The van der Waals surface area contributed by atoms with E-state index in [0.29, 0.717) is 6.04 Å². The minimum atomic E-state index is 0.653. The predicted octanol–water partition coefficient (Wildman–Crippen LogP) is 3.19. The third-order valence-electron chi connectivity index (χ3n) is 3.74. The van der Waals surface area contributed by atoms with Gasteiger partial charge < -0.3 is 5.32 Å². The Bertz CT molecular complexity index is 319. The van der Waals surface area contributed by atoms with Crippen molar-refractivity contribution in [2.24, 2.45) is 13.0 Å². The van der Waals surface area contributed by atoms with Crippen molar-refractivity contribution in [2.45, 2.75) is 51.5 Å². The van der Waals surface area contributed by atoms with Crippen molar-refractivity contribution >= 4 is 5.69 Å². The lowest BCUT2D eigenvalue weighted by Crippen LogP contribution is -2.18. The van der Waals surface area contributed by atoms with Crippen molar-refractivity contribution in [3.8, 4) is 0 Å². The van der Waals surface area contributed by atoms with Gasteiger partial charge in [-0.3, -0.25) is 4.68 Å². The zero-order chi connectivity index (χ0) is 11.4. The average molecular weight is 221 g/mol. The lowest BCUT2D eigenvalue weighted by Gasteiger charge is -2.16. The molecule has 1 saturated carbocycles. The van der Waals surface area contributed by atoms with E-state index in [4.69, 9.17) is 0 Å². The van der Waals surface area contributed by atoms with Crippen molar-refractivity contribution in [1.29, 1.82) is 0 Å². The Balaban J connectivity index is 1.86. The van der Waals surface area contributed by atoms with E-state index in [1.54, 1.807) is 0 Å². The SMILES string of the molecule is CCC1CCCC(Nc2cnn(C)c2)CC1. The van der Waals surface area contributed by atoms with E-state index in [1.165, 1.54) is 44.2 Å². The summed E-state index contributed by atoms with van der Waals surface area (Å²) in [5.74, 6) is 0.959. The first-order valence-electron chi connectivity index (χ1n) is 6.53. The third-order valence-corrected chi connectivity index (χ3v) is 3.74. The summed E-state index contributed by atoms with van der Waals surface area (Å²) in [4.78, 5) is 0. The normalized spacial score (nSPS) is 26.4. The van der Waals surface area contributed by atoms with Crippen molar-refractivity contribution in [2.75, 3.05) is 5.32 Å². The van der Waals surface area contributed by atoms with Gasteiger partial charge in [0, 0.05) is 19.3 Å². The second kappa shape index (κ2) is 5.37. The van der Waals surface area contributed by atoms with Crippen LogP contribution in [0.25, 0.3) is 0 Å². The quantitative estimate of drug-likeness (QED) is 0.794. The fourth-order valence-corrected chi connectivity index (χ4v) is 2.66. The molecule has 1 fully saturated rings. The molecule has 0 bridgehead atoms. The molecule has 1 aliphatic rings. The molecule has 1 aromatic rings. The first-order chi connectivity index (χ1) is 7.78. The maximum absolute atomic E-state index is 4.19. The van der Waals surface area contributed by atoms with E-state index in [2.05, 4.69) is 23.5 Å². The molecular formula is C13H23N3. The molecule has 90 valence electrons. The molecule has 1 heterocycles. The molecule has 0 aromatic carbocycles. The van der Waals surface area contributed by atoms with Gasteiger partial charge in [-0.1, -0.05) is 26.2 Å². The van der Waals surface area contributed by atoms with E-state index >= 15 is 0 Å². The zero-order valence-corrected chi connectivity index (χ0v) is 10.4. The van der Waals surface area contributed by atoms with Gasteiger partial charge in [-0.2, -0.15) is 5.10 Å². The summed E-state index contributed by atoms with van der Waals surface area (Å²) in [6.45, 7) is 2.32. The molecule has 3 heteroatoms. The summed E-state index contributed by atoms with van der Waals surface area (Å²) in [5, 5.41) is 7.79. The van der Waals surface area contributed by atoms with Crippen LogP contribution in [0.1, 0.15) is 45.4 Å². The molecule has 1 aliphatic carbocycles. The summed E-state index contributed by atoms with van der Waals surface area (Å²) in [7, 11) is 1.96. The number of nitrogens with one attached hydrogen (secondary N) is 1. The lowest BCUT2D eigenvalue weighted by atomic mass is 9.98. The number of rotatable bonds is 3. The van der Waals surface area contributed by atoms with Crippen LogP contribution >= 0.6 is 0 Å². The van der Waals surface area contributed by atoms with Crippen LogP contribution in [-0.4, -0.2) is 15.8 Å². The van der Waals surface area contributed by atoms with Crippen LogP contribution in [-0.2, 0) is 7.05 Å². The standard InChI is InChI=1S/C13H23N3/c1-3-11-5-4-6-12(8-7-11)15-13-9-14-16(2)10-13/h9-12,15H,3-8H2,1-2H3. The van der Waals surface area contributed by atoms with Gasteiger partial charge in [0.15, 0.2) is 0 Å². The molecule has 0 saturated heterocycles. The number of anilines is 1. The van der Waals surface area contributed by atoms with Crippen molar-refractivity contribution in [1.82, 2.24) is 9.78 Å². The van der Waals surface area contributed by atoms with E-state index < -0.39 is 0 Å². The first-order valence-corrected chi connectivity index (χ1v) is 6.53. The van der Waals surface area contributed by atoms with Crippen LogP contribution in [0.5, 0.6) is 0 Å². The molecule has 1 N–H and O–H groups in total. The maximum atomic E-state index is 4.19. The Morgan fingerprint density at radius 2 is 2.25 bits per heavy atom. The highest BCUT2D eigenvalue weighted by atomic mass is 15.3. The number of hydrogen-bond acceptors (Lipinski definition) is 2. The highest BCUT2D eigenvalue weighted by Gasteiger charge is 2.17. The average Bonchev–Trinajstić information content (AvgIpc) is 2.55. The summed E-state index contributed by atoms with van der Waals surface area (Å²) in [5.41, 5.74) is 1.17. The van der Waals surface area contributed by atoms with E-state index in [-0.39, 0.29) is 0 Å². The van der Waals surface area contributed by atoms with Gasteiger partial charge in [0.25, 0.3) is 0 Å². The van der Waals surface area contributed by atoms with Gasteiger partial charge in [-0.05, 0) is 25.2 Å². The van der Waals surface area contributed by atoms with Gasteiger partial charge in [-0.25, -0.2) is 0 Å². The van der Waals surface area contributed by atoms with Crippen molar-refractivity contribution in [3.05, 3.63) is 12.4 Å². The van der Waals surface area contributed by atoms with Crippen LogP contribution < -0.4 is 5.32 Å². The fraction of sp³-hybridized carbons (Fsp3) is 0.769. The molecular weight excluding hydrogens is 198 g/mol. The van der Waals surface area contributed by atoms with Crippen LogP contribution in [0, 0.1) is 5.92 Å². The minimum Gasteiger partial charge on any atom is -0.380 e. The molecule has 1 aromatic heterocycles. The third kappa shape index (κ3) is 3.00. The van der Waals surface area contributed by atoms with Crippen LogP contribution in [0.4, 0.5) is 5.69 Å². The Hall–Kier alpha value is -0.990. The molecule has 2 atom stereocenters. The van der Waals surface area contributed by atoms with Gasteiger partial charge in [0.05, 0.1) is 11.9 Å². The molecule has 0 spiro atoms.